The molecule has 0 aliphatic rings. The number of aryl methyl sites for hydroxylation is 1. The third kappa shape index (κ3) is 5.00. The number of carbonyl (C=O) groups excluding carboxylic acids is 1. The van der Waals surface area contributed by atoms with Crippen molar-refractivity contribution in [2.75, 3.05) is 6.54 Å². The highest BCUT2D eigenvalue weighted by Gasteiger charge is 2.11. The van der Waals surface area contributed by atoms with Crippen molar-refractivity contribution >= 4 is 23.2 Å². The highest BCUT2D eigenvalue weighted by atomic mass is 32.1. The zero-order valence-electron chi connectivity index (χ0n) is 12.3. The first-order valence-electron chi connectivity index (χ1n) is 7.04. The van der Waals surface area contributed by atoms with Crippen LogP contribution in [0.25, 0.3) is 10.8 Å². The van der Waals surface area contributed by atoms with Crippen LogP contribution >= 0.6 is 11.3 Å². The molecule has 0 unspecified atom stereocenters. The van der Waals surface area contributed by atoms with Gasteiger partial charge < -0.3 is 14.8 Å². The molecule has 0 radical (unpaired) electrons. The Bertz CT molecular complexity index is 648. The number of aromatic nitrogens is 1. The number of nitrogens with one attached hydrogen (secondary N) is 1. The Hall–Kier alpha value is -2.15. The lowest BCUT2D eigenvalue weighted by Gasteiger charge is -2.02. The number of carboxylic acid groups (broad SMARTS) is 1. The van der Waals surface area contributed by atoms with Gasteiger partial charge in [-0.2, -0.15) is 0 Å². The molecule has 0 aliphatic heterocycles. The summed E-state index contributed by atoms with van der Waals surface area (Å²) in [5.41, 5.74) is 0.706. The van der Waals surface area contributed by atoms with Crippen molar-refractivity contribution in [1.82, 2.24) is 10.3 Å². The molecular formula is C15H18N2O4S. The molecule has 0 saturated carbocycles. The zero-order valence-corrected chi connectivity index (χ0v) is 13.1. The number of amides is 1. The molecule has 2 aromatic heterocycles. The molecular weight excluding hydrogens is 304 g/mol. The van der Waals surface area contributed by atoms with E-state index in [2.05, 4.69) is 10.3 Å². The predicted octanol–water partition coefficient (Wildman–Crippen LogP) is 2.63. The van der Waals surface area contributed by atoms with Crippen molar-refractivity contribution < 1.29 is 19.1 Å². The van der Waals surface area contributed by atoms with Crippen LogP contribution in [0.4, 0.5) is 0 Å². The number of carbonyl (C=O) groups is 2. The third-order valence-electron chi connectivity index (χ3n) is 2.98. The first-order valence-corrected chi connectivity index (χ1v) is 7.92. The van der Waals surface area contributed by atoms with E-state index >= 15 is 0 Å². The lowest BCUT2D eigenvalue weighted by atomic mass is 10.2. The van der Waals surface area contributed by atoms with Crippen LogP contribution < -0.4 is 5.32 Å². The molecule has 22 heavy (non-hydrogen) atoms. The standard InChI is InChI=1S/C15H18N2O4S/c1-10-5-6-12(21-10)15-17-11(9-22-15)8-13(18)16-7-3-2-4-14(19)20/h5-6,9H,2-4,7-8H2,1H3,(H,16,18)(H,19,20). The maximum absolute atomic E-state index is 11.8. The highest BCUT2D eigenvalue weighted by molar-refractivity contribution is 7.13. The van der Waals surface area contributed by atoms with E-state index in [0.717, 1.165) is 10.8 Å². The molecule has 2 aromatic rings. The fraction of sp³-hybridized carbons (Fsp3) is 0.400. The number of unbranched alkanes of at least 4 members (excludes halogenated alkanes) is 1. The Balaban J connectivity index is 1.75. The van der Waals surface area contributed by atoms with Crippen LogP contribution in [0, 0.1) is 6.92 Å². The monoisotopic (exact) mass is 322 g/mol. The Labute approximate surface area is 132 Å². The zero-order chi connectivity index (χ0) is 15.9. The first-order chi connectivity index (χ1) is 10.5. The topological polar surface area (TPSA) is 92.4 Å². The Morgan fingerprint density at radius 1 is 1.36 bits per heavy atom. The predicted molar refractivity (Wildman–Crippen MR) is 82.8 cm³/mol. The van der Waals surface area contributed by atoms with Gasteiger partial charge >= 0.3 is 5.97 Å². The van der Waals surface area contributed by atoms with Crippen LogP contribution in [-0.4, -0.2) is 28.5 Å². The highest BCUT2D eigenvalue weighted by Crippen LogP contribution is 2.25. The van der Waals surface area contributed by atoms with E-state index in [9.17, 15) is 9.59 Å². The molecule has 6 nitrogen and oxygen atoms in total. The summed E-state index contributed by atoms with van der Waals surface area (Å²) in [4.78, 5) is 26.5. The second-order valence-electron chi connectivity index (χ2n) is 4.93. The largest absolute Gasteiger partial charge is 0.481 e. The normalized spacial score (nSPS) is 10.6. The van der Waals surface area contributed by atoms with Crippen molar-refractivity contribution in [2.24, 2.45) is 0 Å². The number of carboxylic acids is 1. The first kappa shape index (κ1) is 16.2. The Kier molecular flexibility index (Phi) is 5.71. The molecule has 0 aliphatic carbocycles. The van der Waals surface area contributed by atoms with Crippen molar-refractivity contribution in [3.8, 4) is 10.8 Å². The molecule has 2 heterocycles. The minimum absolute atomic E-state index is 0.109. The average Bonchev–Trinajstić information content (AvgIpc) is 3.07. The number of nitrogens with zero attached hydrogens (tertiary/aromatic N) is 1. The smallest absolute Gasteiger partial charge is 0.303 e. The van der Waals surface area contributed by atoms with Crippen molar-refractivity contribution in [3.63, 3.8) is 0 Å². The van der Waals surface area contributed by atoms with Crippen LogP contribution in [0.2, 0.25) is 0 Å². The summed E-state index contributed by atoms with van der Waals surface area (Å²) < 4.78 is 5.50. The number of hydrogen-bond acceptors (Lipinski definition) is 5. The van der Waals surface area contributed by atoms with Gasteiger partial charge in [-0.05, 0) is 31.9 Å². The van der Waals surface area contributed by atoms with Gasteiger partial charge in [0.2, 0.25) is 5.91 Å². The van der Waals surface area contributed by atoms with E-state index in [1.54, 1.807) is 0 Å². The van der Waals surface area contributed by atoms with E-state index in [1.165, 1.54) is 11.3 Å². The molecule has 0 aromatic carbocycles. The molecule has 0 bridgehead atoms. The number of hydrogen-bond donors (Lipinski definition) is 2. The van der Waals surface area contributed by atoms with Crippen LogP contribution in [0.5, 0.6) is 0 Å². The van der Waals surface area contributed by atoms with Gasteiger partial charge in [-0.3, -0.25) is 9.59 Å². The van der Waals surface area contributed by atoms with Crippen LogP contribution in [0.3, 0.4) is 0 Å². The van der Waals surface area contributed by atoms with Crippen LogP contribution in [0.15, 0.2) is 21.9 Å². The van der Waals surface area contributed by atoms with Gasteiger partial charge in [0.05, 0.1) is 12.1 Å². The van der Waals surface area contributed by atoms with E-state index in [-0.39, 0.29) is 18.7 Å². The van der Waals surface area contributed by atoms with Crippen molar-refractivity contribution in [1.29, 1.82) is 0 Å². The summed E-state index contributed by atoms with van der Waals surface area (Å²) in [5.74, 6) is 0.617. The average molecular weight is 322 g/mol. The van der Waals surface area contributed by atoms with Crippen LogP contribution in [0.1, 0.15) is 30.7 Å². The van der Waals surface area contributed by atoms with E-state index < -0.39 is 5.97 Å². The lowest BCUT2D eigenvalue weighted by molar-refractivity contribution is -0.137. The number of thiazole rings is 1. The summed E-state index contributed by atoms with van der Waals surface area (Å²) >= 11 is 1.44. The van der Waals surface area contributed by atoms with Crippen LogP contribution in [-0.2, 0) is 16.0 Å². The Morgan fingerprint density at radius 2 is 2.18 bits per heavy atom. The van der Waals surface area contributed by atoms with Gasteiger partial charge in [0.25, 0.3) is 0 Å². The SMILES string of the molecule is Cc1ccc(-c2nc(CC(=O)NCCCCC(=O)O)cs2)o1. The van der Waals surface area contributed by atoms with Crippen molar-refractivity contribution in [2.45, 2.75) is 32.6 Å². The fourth-order valence-electron chi connectivity index (χ4n) is 1.91. The number of furan rings is 1. The quantitative estimate of drug-likeness (QED) is 0.729. The third-order valence-corrected chi connectivity index (χ3v) is 3.89. The fourth-order valence-corrected chi connectivity index (χ4v) is 2.69. The molecule has 1 amide bonds. The number of rotatable bonds is 8. The second-order valence-corrected chi connectivity index (χ2v) is 5.79. The molecule has 0 atom stereocenters. The summed E-state index contributed by atoms with van der Waals surface area (Å²) in [5, 5.41) is 13.9. The summed E-state index contributed by atoms with van der Waals surface area (Å²) in [7, 11) is 0. The lowest BCUT2D eigenvalue weighted by Crippen LogP contribution is -2.26. The Morgan fingerprint density at radius 3 is 2.86 bits per heavy atom. The molecule has 7 heteroatoms. The molecule has 0 saturated heterocycles. The van der Waals surface area contributed by atoms with Gasteiger partial charge in [0.1, 0.15) is 5.76 Å². The number of aliphatic carboxylic acids is 1. The van der Waals surface area contributed by atoms with Gasteiger partial charge in [0.15, 0.2) is 10.8 Å². The van der Waals surface area contributed by atoms with Crippen molar-refractivity contribution in [3.05, 3.63) is 29.0 Å². The minimum Gasteiger partial charge on any atom is -0.481 e. The maximum atomic E-state index is 11.8. The molecule has 2 rings (SSSR count). The summed E-state index contributed by atoms with van der Waals surface area (Å²) in [6, 6.07) is 3.74. The van der Waals surface area contributed by atoms with E-state index in [1.807, 2.05) is 24.4 Å². The molecule has 0 fully saturated rings. The molecule has 118 valence electrons. The summed E-state index contributed by atoms with van der Waals surface area (Å²) in [6.45, 7) is 2.36. The molecule has 2 N–H and O–H groups in total. The van der Waals surface area contributed by atoms with E-state index in [0.29, 0.717) is 30.8 Å². The van der Waals surface area contributed by atoms with E-state index in [4.69, 9.17) is 9.52 Å². The van der Waals surface area contributed by atoms with Gasteiger partial charge in [-0.1, -0.05) is 0 Å². The summed E-state index contributed by atoms with van der Waals surface area (Å²) in [6.07, 6.45) is 1.57. The van der Waals surface area contributed by atoms with Gasteiger partial charge in [-0.15, -0.1) is 11.3 Å². The molecule has 0 spiro atoms. The minimum atomic E-state index is -0.811. The van der Waals surface area contributed by atoms with Gasteiger partial charge in [-0.25, -0.2) is 4.98 Å². The van der Waals surface area contributed by atoms with Gasteiger partial charge in [0, 0.05) is 18.3 Å². The maximum Gasteiger partial charge on any atom is 0.303 e. The second kappa shape index (κ2) is 7.74.